The first-order chi connectivity index (χ1) is 9.49. The van der Waals surface area contributed by atoms with Gasteiger partial charge in [0.2, 0.25) is 0 Å². The van der Waals surface area contributed by atoms with Gasteiger partial charge in [-0.15, -0.1) is 0 Å². The van der Waals surface area contributed by atoms with Crippen LogP contribution in [0.15, 0.2) is 18.2 Å². The van der Waals surface area contributed by atoms with E-state index in [0.29, 0.717) is 12.0 Å². The van der Waals surface area contributed by atoms with Crippen LogP contribution in [0.1, 0.15) is 25.0 Å². The van der Waals surface area contributed by atoms with Crippen LogP contribution in [0.25, 0.3) is 0 Å². The number of hydrogen-bond acceptors (Lipinski definition) is 3. The van der Waals surface area contributed by atoms with E-state index in [4.69, 9.17) is 0 Å². The molecule has 3 heteroatoms. The van der Waals surface area contributed by atoms with E-state index in [9.17, 15) is 0 Å². The Kier molecular flexibility index (Phi) is 5.06. The fourth-order valence-corrected chi connectivity index (χ4v) is 3.11. The minimum atomic E-state index is 0.593. The molecule has 1 aliphatic heterocycles. The van der Waals surface area contributed by atoms with E-state index in [1.54, 1.807) is 0 Å². The number of anilines is 1. The van der Waals surface area contributed by atoms with E-state index in [1.807, 2.05) is 0 Å². The number of rotatable bonds is 6. The average molecular weight is 275 g/mol. The molecule has 0 aromatic heterocycles. The minimum Gasteiger partial charge on any atom is -0.374 e. The molecule has 1 atom stereocenters. The maximum absolute atomic E-state index is 3.61. The summed E-state index contributed by atoms with van der Waals surface area (Å²) in [4.78, 5) is 4.66. The smallest absolute Gasteiger partial charge is 0.0397 e. The molecule has 1 unspecified atom stereocenters. The molecule has 0 amide bonds. The van der Waals surface area contributed by atoms with Gasteiger partial charge in [-0.3, -0.25) is 0 Å². The Morgan fingerprint density at radius 3 is 2.70 bits per heavy atom. The zero-order valence-electron chi connectivity index (χ0n) is 13.6. The highest BCUT2D eigenvalue weighted by Crippen LogP contribution is 2.27. The lowest BCUT2D eigenvalue weighted by Crippen LogP contribution is -2.41. The lowest BCUT2D eigenvalue weighted by atomic mass is 10.0. The highest BCUT2D eigenvalue weighted by Gasteiger charge is 2.17. The zero-order chi connectivity index (χ0) is 14.7. The molecule has 1 aromatic rings. The van der Waals surface area contributed by atoms with Gasteiger partial charge in [0.1, 0.15) is 0 Å². The predicted octanol–water partition coefficient (Wildman–Crippen LogP) is 2.35. The highest BCUT2D eigenvalue weighted by molar-refractivity contribution is 5.58. The van der Waals surface area contributed by atoms with Crippen molar-refractivity contribution < 1.29 is 0 Å². The van der Waals surface area contributed by atoms with E-state index in [2.05, 4.69) is 68.3 Å². The Labute approximate surface area is 124 Å². The number of fused-ring (bicyclic) bond motifs is 1. The molecule has 0 bridgehead atoms. The summed E-state index contributed by atoms with van der Waals surface area (Å²) in [6, 6.07) is 7.49. The predicted molar refractivity (Wildman–Crippen MR) is 87.4 cm³/mol. The van der Waals surface area contributed by atoms with Gasteiger partial charge in [-0.25, -0.2) is 0 Å². The highest BCUT2D eigenvalue weighted by atomic mass is 15.1. The van der Waals surface area contributed by atoms with Crippen LogP contribution >= 0.6 is 0 Å². The van der Waals surface area contributed by atoms with Crippen molar-refractivity contribution in [3.63, 3.8) is 0 Å². The monoisotopic (exact) mass is 275 g/mol. The van der Waals surface area contributed by atoms with Gasteiger partial charge in [-0.05, 0) is 43.6 Å². The topological polar surface area (TPSA) is 18.5 Å². The Morgan fingerprint density at radius 1 is 1.30 bits per heavy atom. The van der Waals surface area contributed by atoms with Crippen molar-refractivity contribution in [2.75, 3.05) is 39.1 Å². The largest absolute Gasteiger partial charge is 0.374 e. The summed E-state index contributed by atoms with van der Waals surface area (Å²) in [6.45, 7) is 7.74. The number of benzene rings is 1. The Hall–Kier alpha value is -1.06. The molecule has 20 heavy (non-hydrogen) atoms. The molecule has 0 aliphatic carbocycles. The first-order valence-corrected chi connectivity index (χ1v) is 7.69. The van der Waals surface area contributed by atoms with E-state index in [-0.39, 0.29) is 0 Å². The van der Waals surface area contributed by atoms with E-state index in [0.717, 1.165) is 19.6 Å². The number of nitrogens with one attached hydrogen (secondary N) is 1. The van der Waals surface area contributed by atoms with Gasteiger partial charge >= 0.3 is 0 Å². The van der Waals surface area contributed by atoms with Crippen molar-refractivity contribution in [3.05, 3.63) is 29.3 Å². The third-order valence-electron chi connectivity index (χ3n) is 4.39. The summed E-state index contributed by atoms with van der Waals surface area (Å²) in [5.74, 6) is 0.672. The van der Waals surface area contributed by atoms with E-state index < -0.39 is 0 Å². The van der Waals surface area contributed by atoms with Gasteiger partial charge < -0.3 is 15.1 Å². The molecular weight excluding hydrogens is 246 g/mol. The van der Waals surface area contributed by atoms with Crippen LogP contribution in [0, 0.1) is 5.92 Å². The molecule has 1 aromatic carbocycles. The summed E-state index contributed by atoms with van der Waals surface area (Å²) < 4.78 is 0. The van der Waals surface area contributed by atoms with Crippen LogP contribution in [0.2, 0.25) is 0 Å². The third kappa shape index (κ3) is 3.53. The average Bonchev–Trinajstić information content (AvgIpc) is 2.75. The van der Waals surface area contributed by atoms with E-state index in [1.165, 1.54) is 23.2 Å². The standard InChI is InChI=1S/C17H29N3/c1-13(2)17(19(3)4)12-18-11-14-6-7-16-15(10-14)8-9-20(16)5/h6-7,10,13,17-18H,8-9,11-12H2,1-5H3. The summed E-state index contributed by atoms with van der Waals surface area (Å²) >= 11 is 0. The number of hydrogen-bond donors (Lipinski definition) is 1. The van der Waals surface area contributed by atoms with Crippen LogP contribution in [0.5, 0.6) is 0 Å². The van der Waals surface area contributed by atoms with Crippen molar-refractivity contribution in [1.29, 1.82) is 0 Å². The van der Waals surface area contributed by atoms with Crippen LogP contribution < -0.4 is 10.2 Å². The molecule has 2 rings (SSSR count). The number of nitrogens with zero attached hydrogens (tertiary/aromatic N) is 2. The maximum Gasteiger partial charge on any atom is 0.0397 e. The summed E-state index contributed by atoms with van der Waals surface area (Å²) in [6.07, 6.45) is 1.19. The van der Waals surface area contributed by atoms with Crippen molar-refractivity contribution in [3.8, 4) is 0 Å². The molecule has 0 spiro atoms. The fourth-order valence-electron chi connectivity index (χ4n) is 3.11. The van der Waals surface area contributed by atoms with Gasteiger partial charge in [0, 0.05) is 38.4 Å². The second-order valence-corrected chi connectivity index (χ2v) is 6.54. The first kappa shape index (κ1) is 15.3. The quantitative estimate of drug-likeness (QED) is 0.860. The van der Waals surface area contributed by atoms with Crippen LogP contribution in [-0.2, 0) is 13.0 Å². The summed E-state index contributed by atoms with van der Waals surface area (Å²) in [5.41, 5.74) is 4.31. The molecule has 1 N–H and O–H groups in total. The molecule has 1 heterocycles. The summed E-state index contributed by atoms with van der Waals surface area (Å²) in [5, 5.41) is 3.61. The van der Waals surface area contributed by atoms with Gasteiger partial charge in [0.25, 0.3) is 0 Å². The lowest BCUT2D eigenvalue weighted by molar-refractivity contribution is 0.224. The molecule has 1 aliphatic rings. The zero-order valence-corrected chi connectivity index (χ0v) is 13.6. The molecule has 3 nitrogen and oxygen atoms in total. The van der Waals surface area contributed by atoms with Crippen molar-refractivity contribution in [2.45, 2.75) is 32.9 Å². The molecule has 112 valence electrons. The molecule has 0 saturated carbocycles. The Balaban J connectivity index is 1.89. The molecular formula is C17H29N3. The van der Waals surface area contributed by atoms with E-state index >= 15 is 0 Å². The molecule has 0 saturated heterocycles. The normalized spacial score (nSPS) is 16.1. The number of likely N-dealkylation sites (N-methyl/N-ethyl adjacent to an activating group) is 2. The third-order valence-corrected chi connectivity index (χ3v) is 4.39. The van der Waals surface area contributed by atoms with Gasteiger partial charge in [-0.1, -0.05) is 26.0 Å². The van der Waals surface area contributed by atoms with Crippen molar-refractivity contribution >= 4 is 5.69 Å². The minimum absolute atomic E-state index is 0.593. The van der Waals surface area contributed by atoms with Gasteiger partial charge in [-0.2, -0.15) is 0 Å². The second-order valence-electron chi connectivity index (χ2n) is 6.54. The lowest BCUT2D eigenvalue weighted by Gasteiger charge is -2.28. The van der Waals surface area contributed by atoms with Crippen LogP contribution in [0.4, 0.5) is 5.69 Å². The van der Waals surface area contributed by atoms with Gasteiger partial charge in [0.05, 0.1) is 0 Å². The van der Waals surface area contributed by atoms with Crippen molar-refractivity contribution in [1.82, 2.24) is 10.2 Å². The fraction of sp³-hybridized carbons (Fsp3) is 0.647. The molecule has 0 fully saturated rings. The Morgan fingerprint density at radius 2 is 2.05 bits per heavy atom. The first-order valence-electron chi connectivity index (χ1n) is 7.69. The molecule has 0 radical (unpaired) electrons. The Bertz CT molecular complexity index is 432. The summed E-state index contributed by atoms with van der Waals surface area (Å²) in [7, 11) is 6.50. The van der Waals surface area contributed by atoms with Crippen LogP contribution in [-0.4, -0.2) is 45.2 Å². The van der Waals surface area contributed by atoms with Gasteiger partial charge in [0.15, 0.2) is 0 Å². The van der Waals surface area contributed by atoms with Crippen molar-refractivity contribution in [2.24, 2.45) is 5.92 Å². The maximum atomic E-state index is 3.61. The SMILES string of the molecule is CC(C)C(CNCc1ccc2c(c1)CCN2C)N(C)C. The van der Waals surface area contributed by atoms with Crippen LogP contribution in [0.3, 0.4) is 0 Å². The second kappa shape index (κ2) is 6.59.